The van der Waals surface area contributed by atoms with Crippen LogP contribution in [0.15, 0.2) is 89.2 Å². The highest BCUT2D eigenvalue weighted by atomic mass is 32.1. The molecule has 8 amide bonds. The van der Waals surface area contributed by atoms with Crippen molar-refractivity contribution in [2.24, 2.45) is 10.9 Å². The van der Waals surface area contributed by atoms with Gasteiger partial charge in [0.05, 0.1) is 80.2 Å². The third kappa shape index (κ3) is 15.4. The van der Waals surface area contributed by atoms with Crippen LogP contribution in [0.25, 0.3) is 0 Å². The van der Waals surface area contributed by atoms with Gasteiger partial charge in [0.15, 0.2) is 29.2 Å². The number of imide groups is 1. The van der Waals surface area contributed by atoms with Crippen LogP contribution in [0.5, 0.6) is 23.0 Å². The van der Waals surface area contributed by atoms with Gasteiger partial charge in [-0.3, -0.25) is 43.5 Å². The number of aliphatic hydroxyl groups is 1. The molecule has 25 heteroatoms. The number of amides is 8. The monoisotopic (exact) mass is 1200 g/mol. The average Bonchev–Trinajstić information content (AvgIpc) is 1.99. The number of ether oxygens (including phenoxy) is 6. The van der Waals surface area contributed by atoms with Gasteiger partial charge in [-0.25, -0.2) is 9.69 Å². The molecule has 24 nitrogen and oxygen atoms in total. The summed E-state index contributed by atoms with van der Waals surface area (Å²) in [7, 11) is 2.96. The van der Waals surface area contributed by atoms with E-state index >= 15 is 0 Å². The van der Waals surface area contributed by atoms with Crippen LogP contribution in [0.2, 0.25) is 0 Å². The SMILES string of the molecule is COc1cc2c(cc1OCCCCCOc1cc3c(cc1OC)C(=O)N1C=C(C)C[C@H]1[C@H](O)N3C(=O)OCc1ccc(NC(=O)[C@H](C)NC(=O)[C@@H](NC(=S)CCOCCNC(=O)CCN3C(=O)C=CC3=O)C(C)C)cc1)N=C[C@@H]1CC(C)=CN1C2=O. The van der Waals surface area contributed by atoms with Crippen molar-refractivity contribution in [3.63, 3.8) is 0 Å². The van der Waals surface area contributed by atoms with E-state index in [9.17, 15) is 43.5 Å². The van der Waals surface area contributed by atoms with Crippen LogP contribution >= 0.6 is 12.2 Å². The number of carbonyl (C=O) groups excluding carboxylic acids is 8. The van der Waals surface area contributed by atoms with Gasteiger partial charge in [0, 0.05) is 74.5 Å². The second kappa shape index (κ2) is 28.9. The molecule has 0 fully saturated rings. The Labute approximate surface area is 503 Å². The van der Waals surface area contributed by atoms with E-state index in [1.807, 2.05) is 33.9 Å². The quantitative estimate of drug-likeness (QED) is 0.0333. The molecule has 3 aromatic carbocycles. The van der Waals surface area contributed by atoms with Gasteiger partial charge in [0.2, 0.25) is 17.7 Å². The summed E-state index contributed by atoms with van der Waals surface area (Å²) < 4.78 is 35.0. The number of thiocarbonyl (C=S) groups is 1. The minimum Gasteiger partial charge on any atom is -0.493 e. The molecule has 0 saturated carbocycles. The van der Waals surface area contributed by atoms with Gasteiger partial charge in [0.1, 0.15) is 18.7 Å². The van der Waals surface area contributed by atoms with Gasteiger partial charge < -0.3 is 64.6 Å². The maximum absolute atomic E-state index is 14.2. The maximum atomic E-state index is 14.2. The predicted octanol–water partition coefficient (Wildman–Crippen LogP) is 5.98. The fourth-order valence-electron chi connectivity index (χ4n) is 10.2. The van der Waals surface area contributed by atoms with E-state index in [1.165, 1.54) is 31.3 Å². The minimum atomic E-state index is -1.52. The van der Waals surface area contributed by atoms with Crippen molar-refractivity contribution >= 4 is 87.9 Å². The second-order valence-electron chi connectivity index (χ2n) is 21.7. The van der Waals surface area contributed by atoms with E-state index in [4.69, 9.17) is 40.6 Å². The first kappa shape index (κ1) is 63.3. The average molecular weight is 1200 g/mol. The molecule has 5 heterocycles. The van der Waals surface area contributed by atoms with Gasteiger partial charge in [-0.1, -0.05) is 49.3 Å². The molecule has 3 aromatic rings. The van der Waals surface area contributed by atoms with Gasteiger partial charge in [-0.05, 0) is 88.6 Å². The highest BCUT2D eigenvalue weighted by molar-refractivity contribution is 7.80. The largest absolute Gasteiger partial charge is 0.493 e. The summed E-state index contributed by atoms with van der Waals surface area (Å²) >= 11 is 5.48. The number of carbonyl (C=O) groups is 8. The van der Waals surface area contributed by atoms with Crippen molar-refractivity contribution in [3.8, 4) is 23.0 Å². The first-order chi connectivity index (χ1) is 41.2. The molecule has 0 radical (unpaired) electrons. The fraction of sp³-hybridized carbons (Fsp3) is 0.443. The minimum absolute atomic E-state index is 0.0186. The Morgan fingerprint density at radius 2 is 1.38 bits per heavy atom. The molecule has 5 aliphatic rings. The van der Waals surface area contributed by atoms with E-state index < -0.39 is 60.0 Å². The number of hydrogen-bond donors (Lipinski definition) is 5. The van der Waals surface area contributed by atoms with Crippen LogP contribution in [0, 0.1) is 5.92 Å². The Balaban J connectivity index is 0.798. The number of unbranched alkanes of at least 4 members (excludes halogenated alkanes) is 2. The van der Waals surface area contributed by atoms with Crippen LogP contribution in [-0.2, 0) is 40.1 Å². The van der Waals surface area contributed by atoms with Crippen molar-refractivity contribution < 1.29 is 71.9 Å². The number of nitrogens with zero attached hydrogens (tertiary/aromatic N) is 5. The van der Waals surface area contributed by atoms with Crippen molar-refractivity contribution in [2.75, 3.05) is 64.0 Å². The van der Waals surface area contributed by atoms with Crippen LogP contribution in [0.4, 0.5) is 21.9 Å². The Kier molecular flexibility index (Phi) is 21.3. The third-order valence-electron chi connectivity index (χ3n) is 14.9. The maximum Gasteiger partial charge on any atom is 0.416 e. The van der Waals surface area contributed by atoms with Gasteiger partial charge in [-0.2, -0.15) is 0 Å². The van der Waals surface area contributed by atoms with E-state index in [1.54, 1.807) is 60.6 Å². The number of nitrogens with one attached hydrogen (secondary N) is 4. The van der Waals surface area contributed by atoms with Gasteiger partial charge in [0.25, 0.3) is 23.6 Å². The number of aliphatic hydroxyl groups excluding tert-OH is 1. The van der Waals surface area contributed by atoms with Crippen molar-refractivity contribution in [2.45, 2.75) is 117 Å². The molecule has 0 aliphatic carbocycles. The van der Waals surface area contributed by atoms with Crippen molar-refractivity contribution in [1.29, 1.82) is 0 Å². The lowest BCUT2D eigenvalue weighted by Crippen LogP contribution is -2.53. The first-order valence-corrected chi connectivity index (χ1v) is 28.9. The number of hydrogen-bond acceptors (Lipinski definition) is 17. The van der Waals surface area contributed by atoms with Crippen molar-refractivity contribution in [3.05, 3.63) is 101 Å². The van der Waals surface area contributed by atoms with Crippen LogP contribution in [-0.4, -0.2) is 163 Å². The van der Waals surface area contributed by atoms with E-state index in [0.717, 1.165) is 39.5 Å². The number of benzene rings is 3. The van der Waals surface area contributed by atoms with Gasteiger partial charge in [-0.15, -0.1) is 0 Å². The zero-order valence-corrected chi connectivity index (χ0v) is 50.0. The lowest BCUT2D eigenvalue weighted by atomic mass is 10.0. The molecule has 86 heavy (non-hydrogen) atoms. The van der Waals surface area contributed by atoms with E-state index in [0.29, 0.717) is 71.3 Å². The third-order valence-corrected chi connectivity index (χ3v) is 15.2. The molecular weight excluding hydrogens is 1130 g/mol. The fourth-order valence-corrected chi connectivity index (χ4v) is 10.4. The Morgan fingerprint density at radius 1 is 0.744 bits per heavy atom. The lowest BCUT2D eigenvalue weighted by molar-refractivity contribution is -0.137. The van der Waals surface area contributed by atoms with Crippen LogP contribution < -0.4 is 45.1 Å². The summed E-state index contributed by atoms with van der Waals surface area (Å²) in [6, 6.07) is 10.2. The highest BCUT2D eigenvalue weighted by Crippen LogP contribution is 2.43. The second-order valence-corrected chi connectivity index (χ2v) is 22.2. The van der Waals surface area contributed by atoms with Gasteiger partial charge >= 0.3 is 6.09 Å². The standard InChI is InChI=1S/C61H73N9O15S/c1-35(2)55(66-52(86)18-23-82-24-19-62-51(71)17-20-67-53(72)15-16-54(67)73)57(75)64-38(5)56(74)65-40-13-11-39(12-14-40)34-85-61(79)70-45-30-50(48(81-7)28-43(45)59(77)69-33-37(4)26-46(69)60(70)78)84-22-10-8-9-21-83-49-29-44-42(27-47(49)80-6)58(76)68-32-36(3)25-41(68)31-63-44/h11-16,27-33,35,38,41,46,55,60,78H,8-10,17-26,34H2,1-7H3,(H,62,71)(H,64,75)(H,65,74)(H,66,86)/t38-,41-,46-,55-,60-/m0/s1. The number of methoxy groups -OCH3 is 2. The smallest absolute Gasteiger partial charge is 0.416 e. The summed E-state index contributed by atoms with van der Waals surface area (Å²) in [6.07, 6.45) is 8.39. The molecule has 0 spiro atoms. The zero-order valence-electron chi connectivity index (χ0n) is 49.2. The predicted molar refractivity (Wildman–Crippen MR) is 320 cm³/mol. The molecule has 5 atom stereocenters. The summed E-state index contributed by atoms with van der Waals surface area (Å²) in [6.45, 7) is 9.94. The molecule has 5 aliphatic heterocycles. The molecule has 5 N–H and O–H groups in total. The molecule has 0 saturated heterocycles. The Bertz CT molecular complexity index is 3220. The topological polar surface area (TPSA) is 286 Å². The molecule has 0 unspecified atom stereocenters. The van der Waals surface area contributed by atoms with Crippen LogP contribution in [0.3, 0.4) is 0 Å². The summed E-state index contributed by atoms with van der Waals surface area (Å²) in [4.78, 5) is 114. The number of anilines is 2. The van der Waals surface area contributed by atoms with E-state index in [2.05, 4.69) is 26.3 Å². The number of fused-ring (bicyclic) bond motifs is 4. The highest BCUT2D eigenvalue weighted by Gasteiger charge is 2.45. The first-order valence-electron chi connectivity index (χ1n) is 28.5. The molecule has 0 aromatic heterocycles. The summed E-state index contributed by atoms with van der Waals surface area (Å²) in [5.41, 5.74) is 3.97. The molecule has 8 rings (SSSR count). The number of aliphatic imine (C=N–C) groups is 1. The zero-order chi connectivity index (χ0) is 61.8. The Morgan fingerprint density at radius 3 is 2.06 bits per heavy atom. The van der Waals surface area contributed by atoms with E-state index in [-0.39, 0.29) is 98.9 Å². The molecular formula is C61H73N9O15S. The normalized spacial score (nSPS) is 18.2. The lowest BCUT2D eigenvalue weighted by Gasteiger charge is -2.31. The van der Waals surface area contributed by atoms with Crippen LogP contribution in [0.1, 0.15) is 106 Å². The molecule has 458 valence electrons. The molecule has 0 bridgehead atoms. The summed E-state index contributed by atoms with van der Waals surface area (Å²) in [5, 5.41) is 23.2. The Hall–Kier alpha value is -8.68. The summed E-state index contributed by atoms with van der Waals surface area (Å²) in [5.74, 6) is -1.63. The number of rotatable bonds is 27. The van der Waals surface area contributed by atoms with Crippen molar-refractivity contribution in [1.82, 2.24) is 30.7 Å².